The first kappa shape index (κ1) is 19.2. The lowest BCUT2D eigenvalue weighted by Gasteiger charge is -2.36. The van der Waals surface area contributed by atoms with E-state index in [1.54, 1.807) is 24.4 Å². The van der Waals surface area contributed by atoms with Crippen molar-refractivity contribution in [2.45, 2.75) is 5.16 Å². The molecule has 2 aromatic heterocycles. The van der Waals surface area contributed by atoms with Gasteiger partial charge >= 0.3 is 0 Å². The van der Waals surface area contributed by atoms with Gasteiger partial charge in [0, 0.05) is 38.1 Å². The van der Waals surface area contributed by atoms with Crippen molar-refractivity contribution < 1.29 is 9.18 Å². The third kappa shape index (κ3) is 4.32. The SMILES string of the molecule is Nn1c(SCC(=O)N2CCN(c3ccc(F)cc3)CC2)nnc1-c1ccccn1. The van der Waals surface area contributed by atoms with Crippen LogP contribution in [0.4, 0.5) is 10.1 Å². The number of anilines is 1. The molecule has 10 heteroatoms. The fraction of sp³-hybridized carbons (Fsp3) is 0.263. The summed E-state index contributed by atoms with van der Waals surface area (Å²) in [4.78, 5) is 20.8. The van der Waals surface area contributed by atoms with E-state index in [0.717, 1.165) is 5.69 Å². The van der Waals surface area contributed by atoms with Crippen molar-refractivity contribution >= 4 is 23.4 Å². The molecule has 0 unspecified atom stereocenters. The van der Waals surface area contributed by atoms with Crippen LogP contribution in [0.1, 0.15) is 0 Å². The highest BCUT2D eigenvalue weighted by atomic mass is 32.2. The second-order valence-corrected chi connectivity index (χ2v) is 7.47. The standard InChI is InChI=1S/C19H20FN7OS/c20-14-4-6-15(7-5-14)25-9-11-26(12-10-25)17(28)13-29-19-24-23-18(27(19)21)16-3-1-2-8-22-16/h1-8H,9-13,21H2. The van der Waals surface area contributed by atoms with Crippen LogP contribution in [0.5, 0.6) is 0 Å². The zero-order chi connectivity index (χ0) is 20.2. The molecule has 4 rings (SSSR count). The Morgan fingerprint density at radius 3 is 2.52 bits per heavy atom. The van der Waals surface area contributed by atoms with Gasteiger partial charge in [-0.05, 0) is 36.4 Å². The molecular weight excluding hydrogens is 393 g/mol. The van der Waals surface area contributed by atoms with Crippen LogP contribution in [-0.2, 0) is 4.79 Å². The molecule has 0 aliphatic carbocycles. The summed E-state index contributed by atoms with van der Waals surface area (Å²) in [7, 11) is 0. The molecule has 29 heavy (non-hydrogen) atoms. The minimum Gasteiger partial charge on any atom is -0.368 e. The maximum absolute atomic E-state index is 13.1. The highest BCUT2D eigenvalue weighted by Gasteiger charge is 2.22. The van der Waals surface area contributed by atoms with Gasteiger partial charge in [0.15, 0.2) is 0 Å². The molecule has 1 saturated heterocycles. The van der Waals surface area contributed by atoms with Gasteiger partial charge in [-0.2, -0.15) is 0 Å². The number of nitrogens with two attached hydrogens (primary N) is 1. The molecule has 1 amide bonds. The summed E-state index contributed by atoms with van der Waals surface area (Å²) in [5, 5.41) is 8.60. The van der Waals surface area contributed by atoms with Crippen LogP contribution >= 0.6 is 11.8 Å². The molecule has 150 valence electrons. The first-order chi connectivity index (χ1) is 14.1. The number of pyridine rings is 1. The molecule has 2 N–H and O–H groups in total. The molecule has 0 bridgehead atoms. The molecule has 8 nitrogen and oxygen atoms in total. The summed E-state index contributed by atoms with van der Waals surface area (Å²) >= 11 is 1.25. The maximum atomic E-state index is 13.1. The van der Waals surface area contributed by atoms with E-state index in [1.165, 1.54) is 28.6 Å². The minimum absolute atomic E-state index is 0.0242. The third-order valence-corrected chi connectivity index (χ3v) is 5.64. The van der Waals surface area contributed by atoms with E-state index in [0.29, 0.717) is 42.9 Å². The van der Waals surface area contributed by atoms with Crippen LogP contribution in [0.25, 0.3) is 11.5 Å². The van der Waals surface area contributed by atoms with Gasteiger partial charge in [-0.15, -0.1) is 10.2 Å². The topological polar surface area (TPSA) is 93.2 Å². The Morgan fingerprint density at radius 1 is 1.07 bits per heavy atom. The molecule has 1 aromatic carbocycles. The van der Waals surface area contributed by atoms with Crippen molar-refractivity contribution in [2.24, 2.45) is 0 Å². The van der Waals surface area contributed by atoms with E-state index < -0.39 is 0 Å². The number of halogens is 1. The average Bonchev–Trinajstić information content (AvgIpc) is 3.13. The number of thioether (sulfide) groups is 1. The van der Waals surface area contributed by atoms with E-state index >= 15 is 0 Å². The summed E-state index contributed by atoms with van der Waals surface area (Å²) in [5.41, 5.74) is 1.59. The predicted molar refractivity (Wildman–Crippen MR) is 109 cm³/mol. The number of hydrogen-bond acceptors (Lipinski definition) is 7. The number of carbonyl (C=O) groups is 1. The number of carbonyl (C=O) groups excluding carboxylic acids is 1. The molecule has 1 aliphatic rings. The number of hydrogen-bond donors (Lipinski definition) is 1. The van der Waals surface area contributed by atoms with E-state index in [4.69, 9.17) is 5.84 Å². The maximum Gasteiger partial charge on any atom is 0.233 e. The van der Waals surface area contributed by atoms with Gasteiger partial charge in [0.05, 0.1) is 5.75 Å². The molecule has 1 aliphatic heterocycles. The van der Waals surface area contributed by atoms with Crippen LogP contribution in [0.15, 0.2) is 53.8 Å². The lowest BCUT2D eigenvalue weighted by Crippen LogP contribution is -2.49. The van der Waals surface area contributed by atoms with Crippen molar-refractivity contribution in [3.63, 3.8) is 0 Å². The normalized spacial score (nSPS) is 14.2. The molecule has 1 fully saturated rings. The smallest absolute Gasteiger partial charge is 0.233 e. The summed E-state index contributed by atoms with van der Waals surface area (Å²) in [6, 6.07) is 11.9. The fourth-order valence-electron chi connectivity index (χ4n) is 3.13. The summed E-state index contributed by atoms with van der Waals surface area (Å²) in [5.74, 6) is 6.52. The molecule has 3 heterocycles. The molecule has 0 atom stereocenters. The lowest BCUT2D eigenvalue weighted by atomic mass is 10.2. The van der Waals surface area contributed by atoms with E-state index in [9.17, 15) is 9.18 Å². The molecule has 0 saturated carbocycles. The second-order valence-electron chi connectivity index (χ2n) is 6.52. The zero-order valence-corrected chi connectivity index (χ0v) is 16.4. The summed E-state index contributed by atoms with van der Waals surface area (Å²) in [6.45, 7) is 2.65. The van der Waals surface area contributed by atoms with Gasteiger partial charge < -0.3 is 15.6 Å². The number of nitrogen functional groups attached to an aromatic ring is 1. The lowest BCUT2D eigenvalue weighted by molar-refractivity contribution is -0.128. The fourth-order valence-corrected chi connectivity index (χ4v) is 3.89. The van der Waals surface area contributed by atoms with Gasteiger partial charge in [0.25, 0.3) is 0 Å². The Balaban J connectivity index is 1.31. The van der Waals surface area contributed by atoms with E-state index in [2.05, 4.69) is 20.1 Å². The van der Waals surface area contributed by atoms with E-state index in [1.807, 2.05) is 17.0 Å². The van der Waals surface area contributed by atoms with Gasteiger partial charge in [0.2, 0.25) is 16.9 Å². The Bertz CT molecular complexity index is 972. The monoisotopic (exact) mass is 413 g/mol. The number of aromatic nitrogens is 4. The van der Waals surface area contributed by atoms with Crippen LogP contribution in [-0.4, -0.2) is 62.6 Å². The quantitative estimate of drug-likeness (QED) is 0.502. The largest absolute Gasteiger partial charge is 0.368 e. The van der Waals surface area contributed by atoms with E-state index in [-0.39, 0.29) is 17.5 Å². The van der Waals surface area contributed by atoms with Gasteiger partial charge in [-0.25, -0.2) is 9.07 Å². The third-order valence-electron chi connectivity index (χ3n) is 4.71. The van der Waals surface area contributed by atoms with Crippen molar-refractivity contribution in [3.05, 3.63) is 54.5 Å². The molecule has 0 radical (unpaired) electrons. The van der Waals surface area contributed by atoms with Gasteiger partial charge in [-0.1, -0.05) is 17.8 Å². The van der Waals surface area contributed by atoms with Crippen molar-refractivity contribution in [1.29, 1.82) is 0 Å². The average molecular weight is 413 g/mol. The number of benzene rings is 1. The predicted octanol–water partition coefficient (Wildman–Crippen LogP) is 1.63. The summed E-state index contributed by atoms with van der Waals surface area (Å²) in [6.07, 6.45) is 1.66. The molecule has 3 aromatic rings. The second kappa shape index (κ2) is 8.48. The van der Waals surface area contributed by atoms with Crippen molar-refractivity contribution in [2.75, 3.05) is 42.7 Å². The number of rotatable bonds is 5. The highest BCUT2D eigenvalue weighted by molar-refractivity contribution is 7.99. The Hall–Kier alpha value is -3.14. The van der Waals surface area contributed by atoms with Crippen LogP contribution in [0, 0.1) is 5.82 Å². The number of nitrogens with zero attached hydrogens (tertiary/aromatic N) is 6. The first-order valence-electron chi connectivity index (χ1n) is 9.15. The van der Waals surface area contributed by atoms with Gasteiger partial charge in [-0.3, -0.25) is 9.78 Å². The van der Waals surface area contributed by atoms with Crippen LogP contribution in [0.2, 0.25) is 0 Å². The number of amides is 1. The van der Waals surface area contributed by atoms with Crippen molar-refractivity contribution in [3.8, 4) is 11.5 Å². The van der Waals surface area contributed by atoms with Crippen LogP contribution in [0.3, 0.4) is 0 Å². The Morgan fingerprint density at radius 2 is 1.83 bits per heavy atom. The first-order valence-corrected chi connectivity index (χ1v) is 10.1. The van der Waals surface area contributed by atoms with Crippen LogP contribution < -0.4 is 10.7 Å². The Labute approximate surface area is 171 Å². The van der Waals surface area contributed by atoms with Crippen molar-refractivity contribution in [1.82, 2.24) is 24.8 Å². The minimum atomic E-state index is -0.251. The highest BCUT2D eigenvalue weighted by Crippen LogP contribution is 2.21. The Kier molecular flexibility index (Phi) is 5.61. The van der Waals surface area contributed by atoms with Gasteiger partial charge in [0.1, 0.15) is 11.5 Å². The molecular formula is C19H20FN7OS. The number of piperazine rings is 1. The summed E-state index contributed by atoms with van der Waals surface area (Å²) < 4.78 is 14.4. The molecule has 0 spiro atoms. The zero-order valence-electron chi connectivity index (χ0n) is 15.6.